The number of hydrogen-bond acceptors (Lipinski definition) is 3. The maximum atomic E-state index is 11.4. The van der Waals surface area contributed by atoms with Crippen LogP contribution in [0.2, 0.25) is 5.02 Å². The fraction of sp³-hybridized carbons (Fsp3) is 0.300. The lowest BCUT2D eigenvalue weighted by Gasteiger charge is -2.10. The second-order valence-corrected chi connectivity index (χ2v) is 4.08. The topological polar surface area (TPSA) is 84.0 Å². The largest absolute Gasteiger partial charge is 0.394 e. The van der Waals surface area contributed by atoms with Crippen molar-refractivity contribution in [2.45, 2.75) is 6.04 Å². The number of hydrogen-bond donors (Lipinski definition) is 3. The highest BCUT2D eigenvalue weighted by Gasteiger charge is 2.13. The lowest BCUT2D eigenvalue weighted by atomic mass is 10.1. The molecule has 1 aromatic heterocycles. The first-order valence-electron chi connectivity index (χ1n) is 4.79. The van der Waals surface area contributed by atoms with Crippen molar-refractivity contribution in [3.05, 3.63) is 33.2 Å². The van der Waals surface area contributed by atoms with Gasteiger partial charge in [0.05, 0.1) is 23.7 Å². The predicted molar refractivity (Wildman–Crippen MR) is 62.6 cm³/mol. The van der Waals surface area contributed by atoms with E-state index < -0.39 is 6.04 Å². The maximum Gasteiger partial charge on any atom is 0.326 e. The van der Waals surface area contributed by atoms with Crippen molar-refractivity contribution in [3.8, 4) is 0 Å². The zero-order valence-electron chi connectivity index (χ0n) is 8.70. The third-order valence-electron chi connectivity index (χ3n) is 2.62. The van der Waals surface area contributed by atoms with E-state index in [1.54, 1.807) is 19.2 Å². The number of aromatic amines is 1. The van der Waals surface area contributed by atoms with Gasteiger partial charge in [0.1, 0.15) is 0 Å². The Morgan fingerprint density at radius 2 is 2.31 bits per heavy atom. The molecule has 86 valence electrons. The van der Waals surface area contributed by atoms with E-state index >= 15 is 0 Å². The lowest BCUT2D eigenvalue weighted by molar-refractivity contribution is 0.268. The Bertz CT molecular complexity index is 587. The summed E-state index contributed by atoms with van der Waals surface area (Å²) in [6.07, 6.45) is 0. The van der Waals surface area contributed by atoms with Gasteiger partial charge in [0.2, 0.25) is 0 Å². The number of H-pyrrole nitrogens is 1. The van der Waals surface area contributed by atoms with Crippen molar-refractivity contribution >= 4 is 22.6 Å². The molecule has 0 amide bonds. The molecule has 16 heavy (non-hydrogen) atoms. The second kappa shape index (κ2) is 3.93. The molecule has 1 unspecified atom stereocenters. The Morgan fingerprint density at radius 3 is 2.94 bits per heavy atom. The van der Waals surface area contributed by atoms with Gasteiger partial charge in [-0.15, -0.1) is 0 Å². The molecule has 1 heterocycles. The highest BCUT2D eigenvalue weighted by Crippen LogP contribution is 2.25. The fourth-order valence-electron chi connectivity index (χ4n) is 1.65. The van der Waals surface area contributed by atoms with Gasteiger partial charge < -0.3 is 15.8 Å². The van der Waals surface area contributed by atoms with Gasteiger partial charge in [-0.05, 0) is 17.7 Å². The number of rotatable bonds is 2. The van der Waals surface area contributed by atoms with Crippen LogP contribution >= 0.6 is 11.6 Å². The molecular weight excluding hydrogens is 230 g/mol. The van der Waals surface area contributed by atoms with Crippen molar-refractivity contribution < 1.29 is 5.11 Å². The van der Waals surface area contributed by atoms with Gasteiger partial charge in [0, 0.05) is 12.1 Å². The first kappa shape index (κ1) is 11.2. The van der Waals surface area contributed by atoms with E-state index in [1.807, 2.05) is 0 Å². The maximum absolute atomic E-state index is 11.4. The number of nitrogens with one attached hydrogen (secondary N) is 1. The molecule has 0 radical (unpaired) electrons. The molecule has 0 spiro atoms. The molecular formula is C10H12ClN3O2. The van der Waals surface area contributed by atoms with Crippen molar-refractivity contribution in [1.82, 2.24) is 9.55 Å². The molecule has 0 saturated heterocycles. The summed E-state index contributed by atoms with van der Waals surface area (Å²) in [5.41, 5.74) is 7.49. The quantitative estimate of drug-likeness (QED) is 0.716. The molecule has 0 bridgehead atoms. The Morgan fingerprint density at radius 1 is 1.62 bits per heavy atom. The summed E-state index contributed by atoms with van der Waals surface area (Å²) < 4.78 is 1.47. The number of nitrogens with zero attached hydrogens (tertiary/aromatic N) is 1. The SMILES string of the molecule is Cn1c(=O)[nH]c2cc(C(N)CO)c(Cl)cc21. The molecule has 2 rings (SSSR count). The molecule has 1 aromatic carbocycles. The summed E-state index contributed by atoms with van der Waals surface area (Å²) in [5, 5.41) is 9.43. The predicted octanol–water partition coefficient (Wildman–Crippen LogP) is 0.512. The van der Waals surface area contributed by atoms with Gasteiger partial charge in [-0.25, -0.2) is 4.79 Å². The molecule has 0 saturated carbocycles. The monoisotopic (exact) mass is 241 g/mol. The Kier molecular flexibility index (Phi) is 2.75. The zero-order chi connectivity index (χ0) is 11.9. The zero-order valence-corrected chi connectivity index (χ0v) is 9.45. The summed E-state index contributed by atoms with van der Waals surface area (Å²) >= 11 is 6.04. The number of halogens is 1. The van der Waals surface area contributed by atoms with Crippen LogP contribution in [0, 0.1) is 0 Å². The standard InChI is InChI=1S/C10H12ClN3O2/c1-14-9-3-6(11)5(7(12)4-15)2-8(9)13-10(14)16/h2-3,7,15H,4,12H2,1H3,(H,13,16). The summed E-state index contributed by atoms with van der Waals surface area (Å²) in [5.74, 6) is 0. The summed E-state index contributed by atoms with van der Waals surface area (Å²) in [4.78, 5) is 14.1. The molecule has 0 fully saturated rings. The summed E-state index contributed by atoms with van der Waals surface area (Å²) in [6.45, 7) is -0.192. The Labute approximate surface area is 96.4 Å². The number of fused-ring (bicyclic) bond motifs is 1. The summed E-state index contributed by atoms with van der Waals surface area (Å²) in [7, 11) is 1.66. The molecule has 0 aliphatic heterocycles. The minimum Gasteiger partial charge on any atom is -0.394 e. The Hall–Kier alpha value is -1.30. The van der Waals surface area contributed by atoms with Crippen LogP contribution in [-0.2, 0) is 7.05 Å². The van der Waals surface area contributed by atoms with Crippen molar-refractivity contribution in [2.75, 3.05) is 6.61 Å². The number of benzene rings is 1. The fourth-order valence-corrected chi connectivity index (χ4v) is 1.95. The van der Waals surface area contributed by atoms with Crippen LogP contribution in [-0.4, -0.2) is 21.3 Å². The normalized spacial score (nSPS) is 13.2. The molecule has 6 heteroatoms. The van der Waals surface area contributed by atoms with Gasteiger partial charge in [0.25, 0.3) is 0 Å². The minimum absolute atomic E-state index is 0.192. The van der Waals surface area contributed by atoms with Gasteiger partial charge in [-0.1, -0.05) is 11.6 Å². The van der Waals surface area contributed by atoms with Gasteiger partial charge in [0.15, 0.2) is 0 Å². The highest BCUT2D eigenvalue weighted by atomic mass is 35.5. The van der Waals surface area contributed by atoms with E-state index in [2.05, 4.69) is 4.98 Å². The number of nitrogens with two attached hydrogens (primary N) is 1. The highest BCUT2D eigenvalue weighted by molar-refractivity contribution is 6.32. The first-order valence-corrected chi connectivity index (χ1v) is 5.17. The van der Waals surface area contributed by atoms with Crippen LogP contribution in [0.3, 0.4) is 0 Å². The lowest BCUT2D eigenvalue weighted by Crippen LogP contribution is -2.14. The Balaban J connectivity index is 2.72. The average Bonchev–Trinajstić information content (AvgIpc) is 2.53. The molecule has 0 aliphatic rings. The van der Waals surface area contributed by atoms with Crippen LogP contribution in [0.15, 0.2) is 16.9 Å². The van der Waals surface area contributed by atoms with Crippen LogP contribution in [0.4, 0.5) is 0 Å². The van der Waals surface area contributed by atoms with Crippen molar-refractivity contribution in [3.63, 3.8) is 0 Å². The van der Waals surface area contributed by atoms with Gasteiger partial charge >= 0.3 is 5.69 Å². The van der Waals surface area contributed by atoms with Crippen LogP contribution in [0.1, 0.15) is 11.6 Å². The number of aryl methyl sites for hydroxylation is 1. The average molecular weight is 242 g/mol. The number of imidazole rings is 1. The third kappa shape index (κ3) is 1.63. The number of aliphatic hydroxyl groups excluding tert-OH is 1. The van der Waals surface area contributed by atoms with E-state index in [4.69, 9.17) is 22.4 Å². The molecule has 5 nitrogen and oxygen atoms in total. The smallest absolute Gasteiger partial charge is 0.326 e. The number of aromatic nitrogens is 2. The molecule has 2 aromatic rings. The molecule has 4 N–H and O–H groups in total. The van der Waals surface area contributed by atoms with Crippen LogP contribution in [0.5, 0.6) is 0 Å². The van der Waals surface area contributed by atoms with E-state index in [0.29, 0.717) is 21.6 Å². The minimum atomic E-state index is -0.541. The van der Waals surface area contributed by atoms with E-state index in [9.17, 15) is 4.79 Å². The van der Waals surface area contributed by atoms with Gasteiger partial charge in [-0.3, -0.25) is 4.57 Å². The second-order valence-electron chi connectivity index (χ2n) is 3.67. The van der Waals surface area contributed by atoms with E-state index in [0.717, 1.165) is 0 Å². The van der Waals surface area contributed by atoms with Crippen LogP contribution < -0.4 is 11.4 Å². The molecule has 0 aliphatic carbocycles. The van der Waals surface area contributed by atoms with Crippen molar-refractivity contribution in [2.24, 2.45) is 12.8 Å². The molecule has 1 atom stereocenters. The van der Waals surface area contributed by atoms with E-state index in [-0.39, 0.29) is 12.3 Å². The third-order valence-corrected chi connectivity index (χ3v) is 2.95. The first-order chi connectivity index (χ1) is 7.54. The summed E-state index contributed by atoms with van der Waals surface area (Å²) in [6, 6.07) is 2.82. The van der Waals surface area contributed by atoms with Crippen molar-refractivity contribution in [1.29, 1.82) is 0 Å². The van der Waals surface area contributed by atoms with Crippen LogP contribution in [0.25, 0.3) is 11.0 Å². The van der Waals surface area contributed by atoms with Gasteiger partial charge in [-0.2, -0.15) is 0 Å². The van der Waals surface area contributed by atoms with E-state index in [1.165, 1.54) is 4.57 Å². The number of aliphatic hydroxyl groups is 1.